The van der Waals surface area contributed by atoms with Crippen LogP contribution in [0, 0.1) is 0 Å². The summed E-state index contributed by atoms with van der Waals surface area (Å²) in [7, 11) is 2.06. The Labute approximate surface area is 121 Å². The maximum Gasteiger partial charge on any atom is 0.242 e. The second-order valence-electron chi connectivity index (χ2n) is 5.70. The lowest BCUT2D eigenvalue weighted by atomic mass is 9.85. The highest BCUT2D eigenvalue weighted by Crippen LogP contribution is 2.31. The van der Waals surface area contributed by atoms with Crippen LogP contribution in [0.2, 0.25) is 0 Å². The Kier molecular flexibility index (Phi) is 4.78. The minimum atomic E-state index is -0.744. The first-order chi connectivity index (χ1) is 9.58. The average molecular weight is 275 g/mol. The van der Waals surface area contributed by atoms with Gasteiger partial charge in [-0.3, -0.25) is 10.1 Å². The number of rotatable bonds is 8. The van der Waals surface area contributed by atoms with Crippen molar-refractivity contribution in [1.29, 1.82) is 0 Å². The van der Waals surface area contributed by atoms with Crippen molar-refractivity contribution in [2.75, 3.05) is 20.1 Å². The van der Waals surface area contributed by atoms with E-state index in [-0.39, 0.29) is 5.91 Å². The van der Waals surface area contributed by atoms with E-state index in [2.05, 4.69) is 24.2 Å². The summed E-state index contributed by atoms with van der Waals surface area (Å²) in [5, 5.41) is 3.50. The third-order valence-electron chi connectivity index (χ3n) is 4.12. The van der Waals surface area contributed by atoms with Crippen molar-refractivity contribution in [3.05, 3.63) is 35.9 Å². The highest BCUT2D eigenvalue weighted by molar-refractivity contribution is 5.86. The van der Waals surface area contributed by atoms with Crippen LogP contribution in [0.3, 0.4) is 0 Å². The van der Waals surface area contributed by atoms with Gasteiger partial charge in [0.15, 0.2) is 0 Å². The Morgan fingerprint density at radius 3 is 2.55 bits per heavy atom. The van der Waals surface area contributed by atoms with Gasteiger partial charge < -0.3 is 10.6 Å². The van der Waals surface area contributed by atoms with Crippen LogP contribution in [0.25, 0.3) is 0 Å². The lowest BCUT2D eigenvalue weighted by Gasteiger charge is -2.34. The van der Waals surface area contributed by atoms with E-state index in [0.717, 1.165) is 31.5 Å². The van der Waals surface area contributed by atoms with Crippen LogP contribution in [-0.4, -0.2) is 37.0 Å². The van der Waals surface area contributed by atoms with E-state index in [1.165, 1.54) is 0 Å². The van der Waals surface area contributed by atoms with Gasteiger partial charge in [0.25, 0.3) is 0 Å². The predicted molar refractivity (Wildman–Crippen MR) is 81.3 cm³/mol. The molecule has 2 rings (SSSR count). The molecule has 4 heteroatoms. The van der Waals surface area contributed by atoms with Gasteiger partial charge in [-0.25, -0.2) is 0 Å². The SMILES string of the molecule is CCN(C)CCC(NC1CC1)(C(N)=O)c1ccccc1. The summed E-state index contributed by atoms with van der Waals surface area (Å²) in [6.07, 6.45) is 2.96. The van der Waals surface area contributed by atoms with Crippen molar-refractivity contribution < 1.29 is 4.79 Å². The molecular weight excluding hydrogens is 250 g/mol. The monoisotopic (exact) mass is 275 g/mol. The highest BCUT2D eigenvalue weighted by atomic mass is 16.1. The predicted octanol–water partition coefficient (Wildman–Crippen LogP) is 1.46. The number of carbonyl (C=O) groups is 1. The van der Waals surface area contributed by atoms with Gasteiger partial charge in [-0.15, -0.1) is 0 Å². The lowest BCUT2D eigenvalue weighted by molar-refractivity contribution is -0.125. The average Bonchev–Trinajstić information content (AvgIpc) is 3.27. The molecule has 0 saturated heterocycles. The van der Waals surface area contributed by atoms with Crippen LogP contribution in [0.5, 0.6) is 0 Å². The summed E-state index contributed by atoms with van der Waals surface area (Å²) in [5.41, 5.74) is 6.02. The van der Waals surface area contributed by atoms with E-state index < -0.39 is 5.54 Å². The zero-order chi connectivity index (χ0) is 14.6. The fraction of sp³-hybridized carbons (Fsp3) is 0.562. The Balaban J connectivity index is 2.26. The summed E-state index contributed by atoms with van der Waals surface area (Å²) in [5.74, 6) is -0.278. The molecule has 1 atom stereocenters. The standard InChI is InChI=1S/C16H25N3O/c1-3-19(2)12-11-16(15(17)20,18-14-9-10-14)13-7-5-4-6-8-13/h4-8,14,18H,3,9-12H2,1-2H3,(H2,17,20). The molecule has 1 aliphatic carbocycles. The largest absolute Gasteiger partial charge is 0.368 e. The molecule has 1 aromatic rings. The Morgan fingerprint density at radius 2 is 2.05 bits per heavy atom. The fourth-order valence-electron chi connectivity index (χ4n) is 2.45. The van der Waals surface area contributed by atoms with E-state index in [1.807, 2.05) is 30.3 Å². The summed E-state index contributed by atoms with van der Waals surface area (Å²) < 4.78 is 0. The topological polar surface area (TPSA) is 58.4 Å². The van der Waals surface area contributed by atoms with Gasteiger partial charge in [-0.05, 0) is 38.4 Å². The van der Waals surface area contributed by atoms with Crippen molar-refractivity contribution in [3.63, 3.8) is 0 Å². The number of primary amides is 1. The second kappa shape index (κ2) is 6.37. The number of nitrogens with one attached hydrogen (secondary N) is 1. The van der Waals surface area contributed by atoms with Crippen LogP contribution < -0.4 is 11.1 Å². The fourth-order valence-corrected chi connectivity index (χ4v) is 2.45. The smallest absolute Gasteiger partial charge is 0.242 e. The normalized spacial score (nSPS) is 17.9. The van der Waals surface area contributed by atoms with Crippen LogP contribution >= 0.6 is 0 Å². The van der Waals surface area contributed by atoms with E-state index >= 15 is 0 Å². The second-order valence-corrected chi connectivity index (χ2v) is 5.70. The van der Waals surface area contributed by atoms with Crippen LogP contribution in [0.1, 0.15) is 31.7 Å². The van der Waals surface area contributed by atoms with E-state index in [9.17, 15) is 4.79 Å². The zero-order valence-electron chi connectivity index (χ0n) is 12.4. The molecule has 0 aliphatic heterocycles. The first-order valence-electron chi connectivity index (χ1n) is 7.40. The van der Waals surface area contributed by atoms with Crippen molar-refractivity contribution in [1.82, 2.24) is 10.2 Å². The third-order valence-corrected chi connectivity index (χ3v) is 4.12. The van der Waals surface area contributed by atoms with Gasteiger partial charge >= 0.3 is 0 Å². The number of amides is 1. The minimum Gasteiger partial charge on any atom is -0.368 e. The van der Waals surface area contributed by atoms with Gasteiger partial charge in [0.2, 0.25) is 5.91 Å². The first kappa shape index (κ1) is 15.0. The van der Waals surface area contributed by atoms with Crippen LogP contribution in [-0.2, 0) is 10.3 Å². The van der Waals surface area contributed by atoms with Crippen molar-refractivity contribution >= 4 is 5.91 Å². The minimum absolute atomic E-state index is 0.278. The number of nitrogens with two attached hydrogens (primary N) is 1. The van der Waals surface area contributed by atoms with Crippen molar-refractivity contribution in [3.8, 4) is 0 Å². The van der Waals surface area contributed by atoms with Crippen LogP contribution in [0.15, 0.2) is 30.3 Å². The Morgan fingerprint density at radius 1 is 1.40 bits per heavy atom. The number of nitrogens with zero attached hydrogens (tertiary/aromatic N) is 1. The van der Waals surface area contributed by atoms with Crippen LogP contribution in [0.4, 0.5) is 0 Å². The van der Waals surface area contributed by atoms with Gasteiger partial charge in [-0.1, -0.05) is 37.3 Å². The molecule has 1 aromatic carbocycles. The molecule has 3 N–H and O–H groups in total. The molecular formula is C16H25N3O. The molecule has 4 nitrogen and oxygen atoms in total. The molecule has 0 spiro atoms. The third kappa shape index (κ3) is 3.38. The quantitative estimate of drug-likeness (QED) is 0.755. The number of carbonyl (C=O) groups excluding carboxylic acids is 1. The molecule has 0 radical (unpaired) electrons. The molecule has 1 saturated carbocycles. The highest BCUT2D eigenvalue weighted by Gasteiger charge is 2.42. The molecule has 0 bridgehead atoms. The molecule has 110 valence electrons. The molecule has 1 amide bonds. The molecule has 1 fully saturated rings. The van der Waals surface area contributed by atoms with Gasteiger partial charge in [0, 0.05) is 12.6 Å². The summed E-state index contributed by atoms with van der Waals surface area (Å²) in [6, 6.07) is 10.3. The summed E-state index contributed by atoms with van der Waals surface area (Å²) in [6.45, 7) is 3.92. The molecule has 0 aromatic heterocycles. The van der Waals surface area contributed by atoms with E-state index in [0.29, 0.717) is 12.5 Å². The van der Waals surface area contributed by atoms with Gasteiger partial charge in [0.1, 0.15) is 5.54 Å². The number of benzene rings is 1. The Hall–Kier alpha value is -1.39. The molecule has 20 heavy (non-hydrogen) atoms. The molecule has 1 aliphatic rings. The number of hydrogen-bond donors (Lipinski definition) is 2. The first-order valence-corrected chi connectivity index (χ1v) is 7.40. The lowest BCUT2D eigenvalue weighted by Crippen LogP contribution is -2.55. The van der Waals surface area contributed by atoms with Gasteiger partial charge in [0.05, 0.1) is 0 Å². The summed E-state index contributed by atoms with van der Waals surface area (Å²) >= 11 is 0. The molecule has 0 heterocycles. The summed E-state index contributed by atoms with van der Waals surface area (Å²) in [4.78, 5) is 14.4. The van der Waals surface area contributed by atoms with Crippen molar-refractivity contribution in [2.24, 2.45) is 5.73 Å². The zero-order valence-corrected chi connectivity index (χ0v) is 12.4. The van der Waals surface area contributed by atoms with Gasteiger partial charge in [-0.2, -0.15) is 0 Å². The van der Waals surface area contributed by atoms with E-state index in [1.54, 1.807) is 0 Å². The maximum absolute atomic E-state index is 12.2. The molecule has 1 unspecified atom stereocenters. The Bertz CT molecular complexity index is 444. The van der Waals surface area contributed by atoms with E-state index in [4.69, 9.17) is 5.73 Å². The number of hydrogen-bond acceptors (Lipinski definition) is 3. The van der Waals surface area contributed by atoms with Crippen molar-refractivity contribution in [2.45, 2.75) is 37.8 Å². The maximum atomic E-state index is 12.2.